The Labute approximate surface area is 96.0 Å². The van der Waals surface area contributed by atoms with Gasteiger partial charge in [0.2, 0.25) is 0 Å². The summed E-state index contributed by atoms with van der Waals surface area (Å²) in [6.07, 6.45) is 8.76. The van der Waals surface area contributed by atoms with E-state index in [1.165, 1.54) is 11.1 Å². The van der Waals surface area contributed by atoms with Gasteiger partial charge < -0.3 is 4.79 Å². The Kier molecular flexibility index (Phi) is 3.05. The van der Waals surface area contributed by atoms with E-state index in [9.17, 15) is 4.79 Å². The zero-order valence-corrected chi connectivity index (χ0v) is 9.49. The van der Waals surface area contributed by atoms with Crippen LogP contribution in [0.25, 0.3) is 0 Å². The lowest BCUT2D eigenvalue weighted by atomic mass is 9.88. The first-order valence-corrected chi connectivity index (χ1v) is 5.69. The molecule has 0 fully saturated rings. The van der Waals surface area contributed by atoms with E-state index in [1.54, 1.807) is 0 Å². The molecule has 0 radical (unpaired) electrons. The monoisotopic (exact) mass is 213 g/mol. The van der Waals surface area contributed by atoms with E-state index in [0.717, 1.165) is 43.1 Å². The van der Waals surface area contributed by atoms with E-state index in [4.69, 9.17) is 5.26 Å². The van der Waals surface area contributed by atoms with Crippen LogP contribution in [0.2, 0.25) is 0 Å². The quantitative estimate of drug-likeness (QED) is 0.661. The lowest BCUT2D eigenvalue weighted by molar-refractivity contribution is -0.110. The van der Waals surface area contributed by atoms with Crippen LogP contribution < -0.4 is 0 Å². The van der Waals surface area contributed by atoms with Gasteiger partial charge in [0.1, 0.15) is 6.29 Å². The molecule has 16 heavy (non-hydrogen) atoms. The molecule has 0 bridgehead atoms. The van der Waals surface area contributed by atoms with E-state index in [1.807, 2.05) is 6.08 Å². The van der Waals surface area contributed by atoms with Crippen LogP contribution in [0.1, 0.15) is 32.6 Å². The minimum atomic E-state index is 0.134. The molecule has 0 amide bonds. The Hall–Kier alpha value is -1.62. The molecular weight excluding hydrogens is 198 g/mol. The molecule has 2 heteroatoms. The molecule has 0 saturated heterocycles. The summed E-state index contributed by atoms with van der Waals surface area (Å²) in [5, 5.41) is 9.11. The van der Waals surface area contributed by atoms with Crippen molar-refractivity contribution in [3.63, 3.8) is 0 Å². The van der Waals surface area contributed by atoms with Gasteiger partial charge in [-0.25, -0.2) is 0 Å². The van der Waals surface area contributed by atoms with Gasteiger partial charge in [0.05, 0.1) is 11.6 Å². The highest BCUT2D eigenvalue weighted by atomic mass is 16.1. The molecule has 2 aliphatic carbocycles. The molecule has 0 aromatic carbocycles. The van der Waals surface area contributed by atoms with Crippen LogP contribution >= 0.6 is 0 Å². The fourth-order valence-electron chi connectivity index (χ4n) is 2.39. The first kappa shape index (κ1) is 10.9. The van der Waals surface area contributed by atoms with Crippen molar-refractivity contribution in [3.05, 3.63) is 34.4 Å². The number of carbonyl (C=O) groups is 1. The molecule has 2 aliphatic rings. The van der Waals surface area contributed by atoms with Crippen LogP contribution in [0, 0.1) is 17.2 Å². The van der Waals surface area contributed by atoms with E-state index < -0.39 is 0 Å². The minimum Gasteiger partial charge on any atom is -0.303 e. The molecule has 0 saturated carbocycles. The SMILES string of the molecule is CC1=CC(C#N)=C(C2=CCC(C=O)C2)CC1. The second kappa shape index (κ2) is 4.49. The number of allylic oxidation sites excluding steroid dienone is 6. The molecule has 0 aromatic heterocycles. The second-order valence-corrected chi connectivity index (χ2v) is 4.56. The van der Waals surface area contributed by atoms with Gasteiger partial charge in [-0.3, -0.25) is 0 Å². The summed E-state index contributed by atoms with van der Waals surface area (Å²) in [6, 6.07) is 2.27. The third kappa shape index (κ3) is 1.99. The van der Waals surface area contributed by atoms with E-state index in [0.29, 0.717) is 0 Å². The lowest BCUT2D eigenvalue weighted by Crippen LogP contribution is -2.01. The second-order valence-electron chi connectivity index (χ2n) is 4.56. The highest BCUT2D eigenvalue weighted by Gasteiger charge is 2.22. The van der Waals surface area contributed by atoms with Crippen molar-refractivity contribution in [1.82, 2.24) is 0 Å². The summed E-state index contributed by atoms with van der Waals surface area (Å²) in [6.45, 7) is 2.06. The first-order chi connectivity index (χ1) is 7.74. The number of rotatable bonds is 2. The molecule has 2 rings (SSSR count). The number of carbonyl (C=O) groups excluding carboxylic acids is 1. The summed E-state index contributed by atoms with van der Waals surface area (Å²) in [4.78, 5) is 10.7. The molecular formula is C14H15NO. The number of hydrogen-bond donors (Lipinski definition) is 0. The van der Waals surface area contributed by atoms with Crippen molar-refractivity contribution in [3.8, 4) is 6.07 Å². The number of aldehydes is 1. The third-order valence-corrected chi connectivity index (χ3v) is 3.33. The van der Waals surface area contributed by atoms with Gasteiger partial charge >= 0.3 is 0 Å². The molecule has 0 heterocycles. The zero-order valence-electron chi connectivity index (χ0n) is 9.49. The average molecular weight is 213 g/mol. The number of nitrogens with zero attached hydrogens (tertiary/aromatic N) is 1. The molecule has 0 spiro atoms. The Morgan fingerprint density at radius 1 is 1.50 bits per heavy atom. The molecule has 2 nitrogen and oxygen atoms in total. The standard InChI is InChI=1S/C14H15NO/c1-10-2-5-14(13(6-10)8-15)12-4-3-11(7-12)9-16/h4,6,9,11H,2-3,5,7H2,1H3. The Morgan fingerprint density at radius 2 is 2.31 bits per heavy atom. The van der Waals surface area contributed by atoms with E-state index >= 15 is 0 Å². The summed E-state index contributed by atoms with van der Waals surface area (Å²) >= 11 is 0. The molecule has 82 valence electrons. The zero-order chi connectivity index (χ0) is 11.5. The Bertz CT molecular complexity index is 446. The van der Waals surface area contributed by atoms with Crippen LogP contribution in [0.5, 0.6) is 0 Å². The van der Waals surface area contributed by atoms with Gasteiger partial charge in [0.25, 0.3) is 0 Å². The highest BCUT2D eigenvalue weighted by Crippen LogP contribution is 2.36. The summed E-state index contributed by atoms with van der Waals surface area (Å²) in [5.74, 6) is 0.134. The topological polar surface area (TPSA) is 40.9 Å². The number of hydrogen-bond acceptors (Lipinski definition) is 2. The molecule has 0 aliphatic heterocycles. The van der Waals surface area contributed by atoms with Crippen molar-refractivity contribution in [1.29, 1.82) is 5.26 Å². The summed E-state index contributed by atoms with van der Waals surface area (Å²) in [5.41, 5.74) is 4.45. The van der Waals surface area contributed by atoms with Gasteiger partial charge in [-0.05, 0) is 49.8 Å². The molecule has 0 N–H and O–H groups in total. The van der Waals surface area contributed by atoms with Crippen LogP contribution in [-0.2, 0) is 4.79 Å². The Balaban J connectivity index is 2.28. The normalized spacial score (nSPS) is 24.9. The van der Waals surface area contributed by atoms with Gasteiger partial charge in [0.15, 0.2) is 0 Å². The van der Waals surface area contributed by atoms with Crippen molar-refractivity contribution >= 4 is 6.29 Å². The van der Waals surface area contributed by atoms with Crippen LogP contribution in [0.3, 0.4) is 0 Å². The minimum absolute atomic E-state index is 0.134. The Morgan fingerprint density at radius 3 is 2.94 bits per heavy atom. The largest absolute Gasteiger partial charge is 0.303 e. The van der Waals surface area contributed by atoms with Crippen LogP contribution in [0.15, 0.2) is 34.4 Å². The first-order valence-electron chi connectivity index (χ1n) is 5.69. The van der Waals surface area contributed by atoms with Gasteiger partial charge in [0, 0.05) is 5.92 Å². The maximum absolute atomic E-state index is 10.7. The van der Waals surface area contributed by atoms with Gasteiger partial charge in [-0.1, -0.05) is 11.6 Å². The summed E-state index contributed by atoms with van der Waals surface area (Å²) < 4.78 is 0. The van der Waals surface area contributed by atoms with Gasteiger partial charge in [-0.2, -0.15) is 5.26 Å². The third-order valence-electron chi connectivity index (χ3n) is 3.33. The summed E-state index contributed by atoms with van der Waals surface area (Å²) in [7, 11) is 0. The fraction of sp³-hybridized carbons (Fsp3) is 0.429. The fourth-order valence-corrected chi connectivity index (χ4v) is 2.39. The van der Waals surface area contributed by atoms with E-state index in [2.05, 4.69) is 19.1 Å². The van der Waals surface area contributed by atoms with Crippen LogP contribution in [0.4, 0.5) is 0 Å². The predicted octanol–water partition coefficient (Wildman–Crippen LogP) is 3.08. The van der Waals surface area contributed by atoms with Crippen molar-refractivity contribution < 1.29 is 4.79 Å². The average Bonchev–Trinajstić information content (AvgIpc) is 2.77. The molecule has 0 aromatic rings. The molecule has 1 unspecified atom stereocenters. The van der Waals surface area contributed by atoms with Crippen molar-refractivity contribution in [2.45, 2.75) is 32.6 Å². The maximum Gasteiger partial charge on any atom is 0.123 e. The smallest absolute Gasteiger partial charge is 0.123 e. The van der Waals surface area contributed by atoms with Crippen LogP contribution in [-0.4, -0.2) is 6.29 Å². The van der Waals surface area contributed by atoms with E-state index in [-0.39, 0.29) is 5.92 Å². The maximum atomic E-state index is 10.7. The van der Waals surface area contributed by atoms with Crippen molar-refractivity contribution in [2.75, 3.05) is 0 Å². The number of nitriles is 1. The lowest BCUT2D eigenvalue weighted by Gasteiger charge is -2.16. The molecule has 1 atom stereocenters. The highest BCUT2D eigenvalue weighted by molar-refractivity contribution is 5.59. The predicted molar refractivity (Wildman–Crippen MR) is 62.5 cm³/mol. The van der Waals surface area contributed by atoms with Gasteiger partial charge in [-0.15, -0.1) is 0 Å². The van der Waals surface area contributed by atoms with Crippen molar-refractivity contribution in [2.24, 2.45) is 5.92 Å².